The van der Waals surface area contributed by atoms with Crippen LogP contribution in [0.2, 0.25) is 0 Å². The third kappa shape index (κ3) is 7.58. The SMILES string of the molecule is CCCCCCCC1CC=C(c2ccc([C@H]3CC[C@H](CCCCC)CC3)cc2)CC1. The molecule has 1 aromatic rings. The Labute approximate surface area is 187 Å². The molecule has 0 radical (unpaired) electrons. The number of benzene rings is 1. The average Bonchev–Trinajstić information content (AvgIpc) is 2.80. The quantitative estimate of drug-likeness (QED) is 0.302. The van der Waals surface area contributed by atoms with Crippen molar-refractivity contribution in [2.75, 3.05) is 0 Å². The minimum atomic E-state index is 0.818. The fourth-order valence-electron chi connectivity index (χ4n) is 5.89. The summed E-state index contributed by atoms with van der Waals surface area (Å²) < 4.78 is 0. The monoisotopic (exact) mass is 408 g/mol. The molecule has 0 aromatic heterocycles. The second-order valence-corrected chi connectivity index (χ2v) is 10.4. The molecule has 1 fully saturated rings. The molecule has 1 unspecified atom stereocenters. The summed E-state index contributed by atoms with van der Waals surface area (Å²) in [5.41, 5.74) is 4.71. The van der Waals surface area contributed by atoms with Gasteiger partial charge >= 0.3 is 0 Å². The van der Waals surface area contributed by atoms with Crippen LogP contribution in [0, 0.1) is 11.8 Å². The van der Waals surface area contributed by atoms with Crippen molar-refractivity contribution >= 4 is 5.57 Å². The van der Waals surface area contributed by atoms with Gasteiger partial charge in [0.15, 0.2) is 0 Å². The van der Waals surface area contributed by atoms with Gasteiger partial charge in [0.1, 0.15) is 0 Å². The maximum absolute atomic E-state index is 2.57. The van der Waals surface area contributed by atoms with Crippen molar-refractivity contribution in [2.24, 2.45) is 11.8 Å². The number of hydrogen-bond acceptors (Lipinski definition) is 0. The zero-order chi connectivity index (χ0) is 21.0. The summed E-state index contributed by atoms with van der Waals surface area (Å²) in [6, 6.07) is 9.77. The van der Waals surface area contributed by atoms with Gasteiger partial charge in [-0.3, -0.25) is 0 Å². The van der Waals surface area contributed by atoms with Gasteiger partial charge in [0.05, 0.1) is 0 Å². The molecule has 1 aromatic carbocycles. The number of unbranched alkanes of at least 4 members (excludes halogenated alkanes) is 6. The lowest BCUT2D eigenvalue weighted by Gasteiger charge is -2.29. The minimum Gasteiger partial charge on any atom is -0.0804 e. The van der Waals surface area contributed by atoms with E-state index < -0.39 is 0 Å². The molecule has 3 rings (SSSR count). The number of rotatable bonds is 12. The highest BCUT2D eigenvalue weighted by atomic mass is 14.3. The van der Waals surface area contributed by atoms with Crippen LogP contribution in [0.3, 0.4) is 0 Å². The van der Waals surface area contributed by atoms with Gasteiger partial charge in [0, 0.05) is 0 Å². The van der Waals surface area contributed by atoms with Crippen molar-refractivity contribution in [3.8, 4) is 0 Å². The first-order valence-corrected chi connectivity index (χ1v) is 13.6. The van der Waals surface area contributed by atoms with Gasteiger partial charge in [0.25, 0.3) is 0 Å². The predicted molar refractivity (Wildman–Crippen MR) is 134 cm³/mol. The first-order chi connectivity index (χ1) is 14.8. The third-order valence-electron chi connectivity index (χ3n) is 8.05. The number of hydrogen-bond donors (Lipinski definition) is 0. The molecular formula is C30H48. The molecule has 1 atom stereocenters. The molecule has 0 bridgehead atoms. The van der Waals surface area contributed by atoms with Gasteiger partial charge in [-0.2, -0.15) is 0 Å². The lowest BCUT2D eigenvalue weighted by molar-refractivity contribution is 0.303. The maximum atomic E-state index is 2.57. The van der Waals surface area contributed by atoms with E-state index in [0.29, 0.717) is 0 Å². The lowest BCUT2D eigenvalue weighted by atomic mass is 9.76. The summed E-state index contributed by atoms with van der Waals surface area (Å²) in [4.78, 5) is 0. The van der Waals surface area contributed by atoms with Crippen LogP contribution in [-0.2, 0) is 0 Å². The van der Waals surface area contributed by atoms with Crippen molar-refractivity contribution in [1.29, 1.82) is 0 Å². The van der Waals surface area contributed by atoms with Crippen molar-refractivity contribution in [1.82, 2.24) is 0 Å². The largest absolute Gasteiger partial charge is 0.0804 e. The molecule has 0 aliphatic heterocycles. The molecule has 168 valence electrons. The zero-order valence-electron chi connectivity index (χ0n) is 20.1. The Morgan fingerprint density at radius 2 is 1.30 bits per heavy atom. The average molecular weight is 409 g/mol. The van der Waals surface area contributed by atoms with E-state index in [0.717, 1.165) is 17.8 Å². The van der Waals surface area contributed by atoms with Crippen LogP contribution >= 0.6 is 0 Å². The van der Waals surface area contributed by atoms with Crippen molar-refractivity contribution in [3.05, 3.63) is 41.5 Å². The standard InChI is InChI=1S/C30H48/c1-3-5-7-8-10-12-26-15-19-28(20-16-26)30-23-21-29(22-24-30)27-17-13-25(14-18-27)11-9-6-4-2/h19,21-27H,3-18,20H2,1-2H3/t25-,26?,27-. The molecule has 30 heavy (non-hydrogen) atoms. The molecule has 0 amide bonds. The van der Waals surface area contributed by atoms with E-state index in [4.69, 9.17) is 0 Å². The third-order valence-corrected chi connectivity index (χ3v) is 8.05. The van der Waals surface area contributed by atoms with Crippen LogP contribution in [0.1, 0.15) is 140 Å². The van der Waals surface area contributed by atoms with Crippen molar-refractivity contribution < 1.29 is 0 Å². The van der Waals surface area contributed by atoms with E-state index in [-0.39, 0.29) is 0 Å². The number of allylic oxidation sites excluding steroid dienone is 2. The summed E-state index contributed by atoms with van der Waals surface area (Å²) >= 11 is 0. The Bertz CT molecular complexity index is 599. The van der Waals surface area contributed by atoms with Crippen LogP contribution < -0.4 is 0 Å². The molecule has 2 aliphatic rings. The smallest absolute Gasteiger partial charge is 0.0162 e. The van der Waals surface area contributed by atoms with Gasteiger partial charge in [-0.1, -0.05) is 108 Å². The normalized spacial score (nSPS) is 24.6. The van der Waals surface area contributed by atoms with Gasteiger partial charge < -0.3 is 0 Å². The van der Waals surface area contributed by atoms with Crippen molar-refractivity contribution in [2.45, 2.75) is 129 Å². The molecule has 0 heteroatoms. The van der Waals surface area contributed by atoms with Gasteiger partial charge in [-0.05, 0) is 79.4 Å². The summed E-state index contributed by atoms with van der Waals surface area (Å²) in [6.07, 6.45) is 26.6. The molecule has 0 nitrogen and oxygen atoms in total. The van der Waals surface area contributed by atoms with Crippen LogP contribution in [0.15, 0.2) is 30.3 Å². The molecule has 1 saturated carbocycles. The van der Waals surface area contributed by atoms with Gasteiger partial charge in [0.2, 0.25) is 0 Å². The first kappa shape index (κ1) is 23.6. The molecule has 0 N–H and O–H groups in total. The summed E-state index contributed by atoms with van der Waals surface area (Å²) in [5.74, 6) is 2.78. The van der Waals surface area contributed by atoms with Crippen LogP contribution in [0.25, 0.3) is 5.57 Å². The van der Waals surface area contributed by atoms with Crippen molar-refractivity contribution in [3.63, 3.8) is 0 Å². The van der Waals surface area contributed by atoms with Crippen LogP contribution in [-0.4, -0.2) is 0 Å². The summed E-state index contributed by atoms with van der Waals surface area (Å²) in [7, 11) is 0. The van der Waals surface area contributed by atoms with Gasteiger partial charge in [-0.25, -0.2) is 0 Å². The van der Waals surface area contributed by atoms with E-state index >= 15 is 0 Å². The highest BCUT2D eigenvalue weighted by molar-refractivity contribution is 5.66. The first-order valence-electron chi connectivity index (χ1n) is 13.6. The summed E-state index contributed by atoms with van der Waals surface area (Å²) in [6.45, 7) is 4.62. The lowest BCUT2D eigenvalue weighted by Crippen LogP contribution is -2.13. The Morgan fingerprint density at radius 1 is 0.667 bits per heavy atom. The van der Waals surface area contributed by atoms with E-state index in [2.05, 4.69) is 44.2 Å². The fraction of sp³-hybridized carbons (Fsp3) is 0.733. The predicted octanol–water partition coefficient (Wildman–Crippen LogP) is 10.1. The Morgan fingerprint density at radius 3 is 1.97 bits per heavy atom. The topological polar surface area (TPSA) is 0 Å². The van der Waals surface area contributed by atoms with Crippen LogP contribution in [0.4, 0.5) is 0 Å². The highest BCUT2D eigenvalue weighted by Gasteiger charge is 2.22. The van der Waals surface area contributed by atoms with Gasteiger partial charge in [-0.15, -0.1) is 0 Å². The second kappa shape index (κ2) is 13.4. The Balaban J connectivity index is 1.40. The fourth-order valence-corrected chi connectivity index (χ4v) is 5.89. The van der Waals surface area contributed by atoms with E-state index in [1.165, 1.54) is 115 Å². The molecule has 0 saturated heterocycles. The Kier molecular flexibility index (Phi) is 10.5. The summed E-state index contributed by atoms with van der Waals surface area (Å²) in [5, 5.41) is 0. The maximum Gasteiger partial charge on any atom is -0.0162 e. The van der Waals surface area contributed by atoms with E-state index in [1.807, 2.05) is 0 Å². The van der Waals surface area contributed by atoms with E-state index in [9.17, 15) is 0 Å². The molecular weight excluding hydrogens is 360 g/mol. The second-order valence-electron chi connectivity index (χ2n) is 10.4. The molecule has 2 aliphatic carbocycles. The zero-order valence-corrected chi connectivity index (χ0v) is 20.1. The Hall–Kier alpha value is -1.04. The minimum absolute atomic E-state index is 0.818. The highest BCUT2D eigenvalue weighted by Crippen LogP contribution is 2.39. The van der Waals surface area contributed by atoms with E-state index in [1.54, 1.807) is 11.1 Å². The molecule has 0 heterocycles. The van der Waals surface area contributed by atoms with Crippen LogP contribution in [0.5, 0.6) is 0 Å². The molecule has 0 spiro atoms.